The summed E-state index contributed by atoms with van der Waals surface area (Å²) in [4.78, 5) is 0. The zero-order chi connectivity index (χ0) is 24.4. The minimum absolute atomic E-state index is 0.0762. The number of aliphatic hydroxyl groups is 4. The molecule has 5 atom stereocenters. The average molecular weight is 483 g/mol. The molecule has 1 aromatic heterocycles. The maximum absolute atomic E-state index is 14.3. The van der Waals surface area contributed by atoms with Crippen molar-refractivity contribution in [1.29, 1.82) is 0 Å². The minimum atomic E-state index is -1.58. The van der Waals surface area contributed by atoms with Gasteiger partial charge in [0.05, 0.1) is 19.8 Å². The van der Waals surface area contributed by atoms with Gasteiger partial charge in [-0.25, -0.2) is 4.39 Å². The number of halogens is 1. The van der Waals surface area contributed by atoms with Crippen molar-refractivity contribution in [1.82, 2.24) is 9.78 Å². The van der Waals surface area contributed by atoms with Gasteiger partial charge < -0.3 is 39.4 Å². The van der Waals surface area contributed by atoms with Crippen molar-refractivity contribution in [3.8, 4) is 11.6 Å². The maximum Gasteiger partial charge on any atom is 0.239 e. The number of ether oxygens (including phenoxy) is 4. The maximum atomic E-state index is 14.3. The third-order valence-corrected chi connectivity index (χ3v) is 6.45. The van der Waals surface area contributed by atoms with Crippen LogP contribution in [0.15, 0.2) is 18.2 Å². The smallest absolute Gasteiger partial charge is 0.239 e. The predicted molar refractivity (Wildman–Crippen MR) is 116 cm³/mol. The number of methoxy groups -OCH3 is 1. The molecule has 34 heavy (non-hydrogen) atoms. The molecule has 4 rings (SSSR count). The van der Waals surface area contributed by atoms with E-state index in [1.807, 2.05) is 11.6 Å². The number of aliphatic hydroxyl groups excluding tert-OH is 4. The Morgan fingerprint density at radius 1 is 1.15 bits per heavy atom. The Balaban J connectivity index is 1.66. The number of benzene rings is 1. The molecule has 2 aliphatic heterocycles. The molecule has 2 fully saturated rings. The van der Waals surface area contributed by atoms with Crippen LogP contribution in [0, 0.1) is 12.7 Å². The van der Waals surface area contributed by atoms with Gasteiger partial charge in [0.2, 0.25) is 12.2 Å². The van der Waals surface area contributed by atoms with Gasteiger partial charge in [-0.3, -0.25) is 4.68 Å². The lowest BCUT2D eigenvalue weighted by molar-refractivity contribution is -0.278. The second kappa shape index (κ2) is 10.5. The molecule has 2 saturated heterocycles. The summed E-state index contributed by atoms with van der Waals surface area (Å²) in [7, 11) is 1.40. The molecule has 0 aliphatic carbocycles. The van der Waals surface area contributed by atoms with Gasteiger partial charge in [-0.05, 0) is 37.5 Å². The first-order chi connectivity index (χ1) is 16.3. The standard InChI is InChI=1S/C23H31FN2O8/c1-12-15(9-13-3-4-17(31-2)16(24)10-13)22(25-26(12)14-5-7-32-8-6-14)34-23-21(30)20(29)19(28)18(11-27)33-23/h3-4,10,14,18-21,23,27-30H,5-9,11H2,1-2H3/t18-,19-,20+,21-,23+/m1/s1. The largest absolute Gasteiger partial charge is 0.494 e. The molecule has 0 bridgehead atoms. The second-order valence-electron chi connectivity index (χ2n) is 8.62. The summed E-state index contributed by atoms with van der Waals surface area (Å²) in [5.74, 6) is -0.202. The van der Waals surface area contributed by atoms with Gasteiger partial charge in [-0.15, -0.1) is 5.10 Å². The zero-order valence-electron chi connectivity index (χ0n) is 19.1. The number of rotatable bonds is 7. The predicted octanol–water partition coefficient (Wildman–Crippen LogP) is 0.460. The van der Waals surface area contributed by atoms with E-state index in [-0.39, 0.29) is 24.1 Å². The van der Waals surface area contributed by atoms with Gasteiger partial charge in [0.1, 0.15) is 24.4 Å². The van der Waals surface area contributed by atoms with Crippen LogP contribution < -0.4 is 9.47 Å². The van der Waals surface area contributed by atoms with Crippen LogP contribution >= 0.6 is 0 Å². The zero-order valence-corrected chi connectivity index (χ0v) is 19.1. The fraction of sp³-hybridized carbons (Fsp3) is 0.609. The van der Waals surface area contributed by atoms with Gasteiger partial charge >= 0.3 is 0 Å². The van der Waals surface area contributed by atoms with Crippen LogP contribution in [0.5, 0.6) is 11.6 Å². The third-order valence-electron chi connectivity index (χ3n) is 6.45. The van der Waals surface area contributed by atoms with Crippen LogP contribution in [0.3, 0.4) is 0 Å². The van der Waals surface area contributed by atoms with E-state index in [1.54, 1.807) is 12.1 Å². The van der Waals surface area contributed by atoms with Crippen LogP contribution in [0.2, 0.25) is 0 Å². The summed E-state index contributed by atoms with van der Waals surface area (Å²) in [5.41, 5.74) is 2.13. The molecule has 4 N–H and O–H groups in total. The minimum Gasteiger partial charge on any atom is -0.494 e. The molecule has 1 aromatic carbocycles. The van der Waals surface area contributed by atoms with E-state index in [1.165, 1.54) is 13.2 Å². The highest BCUT2D eigenvalue weighted by Gasteiger charge is 2.45. The van der Waals surface area contributed by atoms with Gasteiger partial charge in [0.25, 0.3) is 0 Å². The molecule has 0 amide bonds. The van der Waals surface area contributed by atoms with Crippen LogP contribution in [0.1, 0.15) is 35.7 Å². The Bertz CT molecular complexity index is 978. The summed E-state index contributed by atoms with van der Waals surface area (Å²) in [5, 5.41) is 44.7. The van der Waals surface area contributed by atoms with Crippen LogP contribution in [0.4, 0.5) is 4.39 Å². The van der Waals surface area contributed by atoms with Crippen molar-refractivity contribution < 1.29 is 43.8 Å². The first-order valence-electron chi connectivity index (χ1n) is 11.3. The van der Waals surface area contributed by atoms with E-state index in [2.05, 4.69) is 5.10 Å². The molecule has 10 nitrogen and oxygen atoms in total. The van der Waals surface area contributed by atoms with E-state index >= 15 is 0 Å². The third kappa shape index (κ3) is 4.90. The monoisotopic (exact) mass is 482 g/mol. The summed E-state index contributed by atoms with van der Waals surface area (Å²) in [6.45, 7) is 2.52. The Labute approximate surface area is 196 Å². The molecule has 0 unspecified atom stereocenters. The number of hydrogen-bond donors (Lipinski definition) is 4. The molecular formula is C23H31FN2O8. The Morgan fingerprint density at radius 2 is 1.88 bits per heavy atom. The molecule has 188 valence electrons. The molecule has 0 saturated carbocycles. The van der Waals surface area contributed by atoms with Gasteiger partial charge in [-0.1, -0.05) is 6.07 Å². The van der Waals surface area contributed by atoms with E-state index < -0.39 is 43.1 Å². The highest BCUT2D eigenvalue weighted by Crippen LogP contribution is 2.33. The summed E-state index contributed by atoms with van der Waals surface area (Å²) >= 11 is 0. The lowest BCUT2D eigenvalue weighted by Gasteiger charge is -2.39. The van der Waals surface area contributed by atoms with Gasteiger partial charge in [-0.2, -0.15) is 0 Å². The summed E-state index contributed by atoms with van der Waals surface area (Å²) in [6, 6.07) is 4.74. The number of aromatic nitrogens is 2. The van der Waals surface area contributed by atoms with Crippen molar-refractivity contribution in [2.75, 3.05) is 26.9 Å². The highest BCUT2D eigenvalue weighted by atomic mass is 19.1. The molecule has 2 aromatic rings. The van der Waals surface area contributed by atoms with Crippen molar-refractivity contribution in [3.05, 3.63) is 40.8 Å². The normalized spacial score (nSPS) is 28.1. The van der Waals surface area contributed by atoms with Crippen molar-refractivity contribution >= 4 is 0 Å². The SMILES string of the molecule is COc1ccc(Cc2c(O[C@@H]3O[C@H](CO)[C@@H](O)[C@H](O)[C@H]3O)nn(C3CCOCC3)c2C)cc1F. The van der Waals surface area contributed by atoms with E-state index in [0.717, 1.165) is 18.5 Å². The lowest BCUT2D eigenvalue weighted by atomic mass is 9.99. The topological polar surface area (TPSA) is 136 Å². The Hall–Kier alpha value is -2.28. The van der Waals surface area contributed by atoms with Crippen LogP contribution in [-0.4, -0.2) is 87.8 Å². The molecule has 0 spiro atoms. The first-order valence-corrected chi connectivity index (χ1v) is 11.3. The van der Waals surface area contributed by atoms with Gasteiger partial charge in [0, 0.05) is 30.9 Å². The van der Waals surface area contributed by atoms with Crippen molar-refractivity contribution in [2.24, 2.45) is 0 Å². The summed E-state index contributed by atoms with van der Waals surface area (Å²) < 4.78 is 38.0. The molecular weight excluding hydrogens is 451 g/mol. The Morgan fingerprint density at radius 3 is 2.53 bits per heavy atom. The lowest BCUT2D eigenvalue weighted by Crippen LogP contribution is -2.60. The van der Waals surface area contributed by atoms with Gasteiger partial charge in [0.15, 0.2) is 11.6 Å². The molecule has 11 heteroatoms. The fourth-order valence-electron chi connectivity index (χ4n) is 4.41. The van der Waals surface area contributed by atoms with Crippen LogP contribution in [-0.2, 0) is 15.9 Å². The quantitative estimate of drug-likeness (QED) is 0.444. The highest BCUT2D eigenvalue weighted by molar-refractivity contribution is 5.39. The molecule has 3 heterocycles. The number of nitrogens with zero attached hydrogens (tertiary/aromatic N) is 2. The van der Waals surface area contributed by atoms with Crippen LogP contribution in [0.25, 0.3) is 0 Å². The fourth-order valence-corrected chi connectivity index (χ4v) is 4.41. The Kier molecular flexibility index (Phi) is 7.70. The first kappa shape index (κ1) is 24.8. The van der Waals surface area contributed by atoms with E-state index in [9.17, 15) is 24.8 Å². The average Bonchev–Trinajstić information content (AvgIpc) is 3.15. The molecule has 0 radical (unpaired) electrons. The van der Waals surface area contributed by atoms with Crippen molar-refractivity contribution in [3.63, 3.8) is 0 Å². The molecule has 2 aliphatic rings. The van der Waals surface area contributed by atoms with Crippen molar-refractivity contribution in [2.45, 2.75) is 62.9 Å². The van der Waals surface area contributed by atoms with E-state index in [4.69, 9.17) is 18.9 Å². The number of hydrogen-bond acceptors (Lipinski definition) is 9. The summed E-state index contributed by atoms with van der Waals surface area (Å²) in [6.07, 6.45) is -5.32. The van der Waals surface area contributed by atoms with E-state index in [0.29, 0.717) is 24.3 Å². The second-order valence-corrected chi connectivity index (χ2v) is 8.62.